The summed E-state index contributed by atoms with van der Waals surface area (Å²) in [6, 6.07) is 0.159. The number of hydrogen-bond donors (Lipinski definition) is 2. The first kappa shape index (κ1) is 14.5. The van der Waals surface area contributed by atoms with Crippen LogP contribution in [0.4, 0.5) is 0 Å². The van der Waals surface area contributed by atoms with E-state index < -0.39 is 10.0 Å². The molecule has 1 aliphatic rings. The molecule has 0 bridgehead atoms. The van der Waals surface area contributed by atoms with Gasteiger partial charge in [0.1, 0.15) is 0 Å². The molecule has 108 valence electrons. The summed E-state index contributed by atoms with van der Waals surface area (Å²) in [6.07, 6.45) is 4.28. The molecule has 0 amide bonds. The van der Waals surface area contributed by atoms with E-state index in [1.54, 1.807) is 17.5 Å². The van der Waals surface area contributed by atoms with Gasteiger partial charge in [0.05, 0.1) is 6.20 Å². The first-order chi connectivity index (χ1) is 9.02. The van der Waals surface area contributed by atoms with Gasteiger partial charge in [-0.2, -0.15) is 9.40 Å². The molecule has 2 N–H and O–H groups in total. The Morgan fingerprint density at radius 1 is 1.53 bits per heavy atom. The number of H-pyrrole nitrogens is 1. The van der Waals surface area contributed by atoms with Gasteiger partial charge >= 0.3 is 0 Å². The van der Waals surface area contributed by atoms with Crippen LogP contribution >= 0.6 is 0 Å². The molecule has 7 heteroatoms. The van der Waals surface area contributed by atoms with Crippen molar-refractivity contribution in [2.24, 2.45) is 0 Å². The molecule has 0 saturated carbocycles. The third-order valence-electron chi connectivity index (χ3n) is 3.76. The number of hydrogen-bond acceptors (Lipinski definition) is 4. The van der Waals surface area contributed by atoms with E-state index in [1.165, 1.54) is 0 Å². The Hall–Kier alpha value is -0.920. The topological polar surface area (TPSA) is 78.1 Å². The van der Waals surface area contributed by atoms with Crippen molar-refractivity contribution >= 4 is 10.0 Å². The van der Waals surface area contributed by atoms with E-state index >= 15 is 0 Å². The molecule has 1 fully saturated rings. The van der Waals surface area contributed by atoms with Crippen LogP contribution in [0.3, 0.4) is 0 Å². The van der Waals surface area contributed by atoms with Gasteiger partial charge in [-0.1, -0.05) is 6.92 Å². The quantitative estimate of drug-likeness (QED) is 0.849. The second kappa shape index (κ2) is 5.60. The highest BCUT2D eigenvalue weighted by Gasteiger charge is 2.40. The summed E-state index contributed by atoms with van der Waals surface area (Å²) < 4.78 is 27.2. The molecular weight excluding hydrogens is 264 g/mol. The first-order valence-corrected chi connectivity index (χ1v) is 8.16. The predicted octanol–water partition coefficient (Wildman–Crippen LogP) is 1.08. The van der Waals surface area contributed by atoms with Crippen LogP contribution in [0.2, 0.25) is 0 Å². The van der Waals surface area contributed by atoms with Crippen molar-refractivity contribution in [2.75, 3.05) is 7.05 Å². The number of nitrogens with zero attached hydrogens (tertiary/aromatic N) is 2. The Kier molecular flexibility index (Phi) is 4.27. The number of nitrogens with one attached hydrogen (secondary N) is 2. The summed E-state index contributed by atoms with van der Waals surface area (Å²) in [6.45, 7) is 4.50. The van der Waals surface area contributed by atoms with Crippen LogP contribution in [-0.4, -0.2) is 42.1 Å². The van der Waals surface area contributed by atoms with Gasteiger partial charge in [-0.05, 0) is 33.2 Å². The summed E-state index contributed by atoms with van der Waals surface area (Å²) in [5.41, 5.74) is 0.691. The average molecular weight is 286 g/mol. The highest BCUT2D eigenvalue weighted by molar-refractivity contribution is 7.89. The van der Waals surface area contributed by atoms with Gasteiger partial charge in [-0.25, -0.2) is 8.42 Å². The maximum absolute atomic E-state index is 12.8. The van der Waals surface area contributed by atoms with Crippen molar-refractivity contribution in [2.45, 2.75) is 56.8 Å². The summed E-state index contributed by atoms with van der Waals surface area (Å²) in [5, 5.41) is 9.73. The Bertz CT molecular complexity index is 526. The van der Waals surface area contributed by atoms with Crippen LogP contribution in [-0.2, 0) is 16.6 Å². The smallest absolute Gasteiger partial charge is 0.260 e. The van der Waals surface area contributed by atoms with E-state index in [0.29, 0.717) is 12.1 Å². The fourth-order valence-corrected chi connectivity index (χ4v) is 4.87. The molecule has 19 heavy (non-hydrogen) atoms. The Labute approximate surface area is 114 Å². The van der Waals surface area contributed by atoms with Crippen molar-refractivity contribution in [3.05, 3.63) is 11.8 Å². The second-order valence-electron chi connectivity index (χ2n) is 5.08. The molecule has 0 aliphatic carbocycles. The molecule has 2 unspecified atom stereocenters. The SMILES string of the molecule is CCC1CCC(C)N1S(=O)(=O)c1[nH]ncc1CNC. The summed E-state index contributed by atoms with van der Waals surface area (Å²) in [5.74, 6) is 0. The summed E-state index contributed by atoms with van der Waals surface area (Å²) in [7, 11) is -1.69. The lowest BCUT2D eigenvalue weighted by atomic mass is 10.2. The van der Waals surface area contributed by atoms with Crippen molar-refractivity contribution < 1.29 is 8.42 Å². The van der Waals surface area contributed by atoms with Crippen molar-refractivity contribution in [1.82, 2.24) is 19.8 Å². The molecular formula is C12H22N4O2S. The van der Waals surface area contributed by atoms with Crippen LogP contribution < -0.4 is 5.32 Å². The minimum atomic E-state index is -3.48. The fraction of sp³-hybridized carbons (Fsp3) is 0.750. The Balaban J connectivity index is 2.38. The Morgan fingerprint density at radius 2 is 2.26 bits per heavy atom. The van der Waals surface area contributed by atoms with Crippen LogP contribution in [0.5, 0.6) is 0 Å². The molecule has 2 atom stereocenters. The zero-order valence-electron chi connectivity index (χ0n) is 11.7. The third-order valence-corrected chi connectivity index (χ3v) is 5.85. The van der Waals surface area contributed by atoms with Crippen molar-refractivity contribution in [3.8, 4) is 0 Å². The van der Waals surface area contributed by atoms with Gasteiger partial charge < -0.3 is 5.32 Å². The number of aromatic nitrogens is 2. The second-order valence-corrected chi connectivity index (χ2v) is 6.86. The minimum Gasteiger partial charge on any atom is -0.316 e. The molecule has 0 aromatic carbocycles. The normalized spacial score (nSPS) is 25.0. The molecule has 1 aromatic heterocycles. The summed E-state index contributed by atoms with van der Waals surface area (Å²) >= 11 is 0. The standard InChI is InChI=1S/C12H22N4O2S/c1-4-11-6-5-9(2)16(11)19(17,18)12-10(7-13-3)8-14-15-12/h8-9,11,13H,4-7H2,1-3H3,(H,14,15). The van der Waals surface area contributed by atoms with E-state index in [1.807, 2.05) is 13.8 Å². The van der Waals surface area contributed by atoms with Gasteiger partial charge in [-0.3, -0.25) is 5.10 Å². The predicted molar refractivity (Wildman–Crippen MR) is 73.2 cm³/mol. The van der Waals surface area contributed by atoms with Gasteiger partial charge in [0.15, 0.2) is 5.03 Å². The molecule has 2 heterocycles. The minimum absolute atomic E-state index is 0.0562. The van der Waals surface area contributed by atoms with Crippen LogP contribution in [0.25, 0.3) is 0 Å². The average Bonchev–Trinajstić information content (AvgIpc) is 2.96. The zero-order chi connectivity index (χ0) is 14.0. The van der Waals surface area contributed by atoms with E-state index in [0.717, 1.165) is 19.3 Å². The van der Waals surface area contributed by atoms with Crippen LogP contribution in [0, 0.1) is 0 Å². The highest BCUT2D eigenvalue weighted by atomic mass is 32.2. The molecule has 2 rings (SSSR count). The molecule has 1 aliphatic heterocycles. The monoisotopic (exact) mass is 286 g/mol. The lowest BCUT2D eigenvalue weighted by molar-refractivity contribution is 0.327. The van der Waals surface area contributed by atoms with Crippen molar-refractivity contribution in [3.63, 3.8) is 0 Å². The van der Waals surface area contributed by atoms with Crippen LogP contribution in [0.15, 0.2) is 11.2 Å². The zero-order valence-corrected chi connectivity index (χ0v) is 12.5. The maximum atomic E-state index is 12.8. The first-order valence-electron chi connectivity index (χ1n) is 6.72. The highest BCUT2D eigenvalue weighted by Crippen LogP contribution is 2.32. The van der Waals surface area contributed by atoms with Crippen LogP contribution in [0.1, 0.15) is 38.7 Å². The van der Waals surface area contributed by atoms with Gasteiger partial charge in [0.2, 0.25) is 0 Å². The molecule has 0 radical (unpaired) electrons. The largest absolute Gasteiger partial charge is 0.316 e. The number of rotatable bonds is 5. The van der Waals surface area contributed by atoms with E-state index in [2.05, 4.69) is 15.5 Å². The number of aromatic amines is 1. The van der Waals surface area contributed by atoms with E-state index in [9.17, 15) is 8.42 Å². The molecule has 1 aromatic rings. The van der Waals surface area contributed by atoms with E-state index in [4.69, 9.17) is 0 Å². The van der Waals surface area contributed by atoms with E-state index in [-0.39, 0.29) is 17.1 Å². The van der Waals surface area contributed by atoms with Gasteiger partial charge in [0.25, 0.3) is 10.0 Å². The maximum Gasteiger partial charge on any atom is 0.260 e. The molecule has 1 saturated heterocycles. The van der Waals surface area contributed by atoms with Gasteiger partial charge in [0, 0.05) is 24.2 Å². The molecule has 6 nitrogen and oxygen atoms in total. The molecule has 0 spiro atoms. The van der Waals surface area contributed by atoms with Crippen molar-refractivity contribution in [1.29, 1.82) is 0 Å². The Morgan fingerprint density at radius 3 is 2.89 bits per heavy atom. The fourth-order valence-electron chi connectivity index (χ4n) is 2.81. The lowest BCUT2D eigenvalue weighted by Gasteiger charge is -2.26. The lowest BCUT2D eigenvalue weighted by Crippen LogP contribution is -2.40. The number of sulfonamides is 1. The third kappa shape index (κ3) is 2.54. The van der Waals surface area contributed by atoms with Gasteiger partial charge in [-0.15, -0.1) is 0 Å². The summed E-state index contributed by atoms with van der Waals surface area (Å²) in [4.78, 5) is 0.